The van der Waals surface area contributed by atoms with Crippen LogP contribution in [0.5, 0.6) is 0 Å². The summed E-state index contributed by atoms with van der Waals surface area (Å²) >= 11 is 0. The van der Waals surface area contributed by atoms with Crippen molar-refractivity contribution in [3.8, 4) is 0 Å². The van der Waals surface area contributed by atoms with Crippen molar-refractivity contribution in [1.29, 1.82) is 0 Å². The summed E-state index contributed by atoms with van der Waals surface area (Å²) in [6.45, 7) is 0.511. The van der Waals surface area contributed by atoms with Crippen molar-refractivity contribution in [1.82, 2.24) is 4.90 Å². The molecule has 20 heavy (non-hydrogen) atoms. The average Bonchev–Trinajstić information content (AvgIpc) is 2.99. The second-order valence-electron chi connectivity index (χ2n) is 6.49. The molecule has 5 heteroatoms. The van der Waals surface area contributed by atoms with Crippen LogP contribution in [0.4, 0.5) is 0 Å². The van der Waals surface area contributed by atoms with Gasteiger partial charge in [0, 0.05) is 6.54 Å². The minimum atomic E-state index is -0.716. The van der Waals surface area contributed by atoms with Crippen LogP contribution in [0.2, 0.25) is 0 Å². The van der Waals surface area contributed by atoms with Crippen LogP contribution in [0.25, 0.3) is 0 Å². The van der Waals surface area contributed by atoms with Crippen molar-refractivity contribution in [3.63, 3.8) is 0 Å². The first-order valence-electron chi connectivity index (χ1n) is 7.66. The van der Waals surface area contributed by atoms with Crippen LogP contribution in [0.15, 0.2) is 0 Å². The number of fused-ring (bicyclic) bond motifs is 1. The van der Waals surface area contributed by atoms with Gasteiger partial charge in [0.1, 0.15) is 0 Å². The molecule has 0 radical (unpaired) electrons. The topological polar surface area (TPSA) is 74.7 Å². The first-order chi connectivity index (χ1) is 9.58. The van der Waals surface area contributed by atoms with E-state index in [-0.39, 0.29) is 35.5 Å². The Morgan fingerprint density at radius 3 is 2.05 bits per heavy atom. The lowest BCUT2D eigenvalue weighted by Crippen LogP contribution is -2.37. The Morgan fingerprint density at radius 2 is 1.55 bits per heavy atom. The Balaban J connectivity index is 1.58. The Hall–Kier alpha value is -1.39. The summed E-state index contributed by atoms with van der Waals surface area (Å²) in [6, 6.07) is 0. The standard InChI is InChI=1S/C15H21NO4/c17-13-11-2-1-3-12(11)14(18)16(13)8-9-4-6-10(7-5-9)15(19)20/h9-12H,1-8H2,(H,19,20). The molecule has 3 aliphatic rings. The molecule has 0 spiro atoms. The van der Waals surface area contributed by atoms with Crippen LogP contribution in [-0.2, 0) is 14.4 Å². The Labute approximate surface area is 118 Å². The van der Waals surface area contributed by atoms with Crippen LogP contribution in [0.3, 0.4) is 0 Å². The Morgan fingerprint density at radius 1 is 1.00 bits per heavy atom. The van der Waals surface area contributed by atoms with E-state index in [4.69, 9.17) is 5.11 Å². The van der Waals surface area contributed by atoms with Gasteiger partial charge in [-0.2, -0.15) is 0 Å². The number of hydrogen-bond acceptors (Lipinski definition) is 3. The third kappa shape index (κ3) is 2.23. The number of rotatable bonds is 3. The summed E-state index contributed by atoms with van der Waals surface area (Å²) in [4.78, 5) is 36.9. The van der Waals surface area contributed by atoms with Gasteiger partial charge in [0.05, 0.1) is 17.8 Å². The number of aliphatic carboxylic acids is 1. The zero-order chi connectivity index (χ0) is 14.3. The second kappa shape index (κ2) is 5.19. The van der Waals surface area contributed by atoms with Gasteiger partial charge in [-0.1, -0.05) is 6.42 Å². The van der Waals surface area contributed by atoms with E-state index in [0.29, 0.717) is 19.4 Å². The quantitative estimate of drug-likeness (QED) is 0.797. The number of carboxylic acid groups (broad SMARTS) is 1. The van der Waals surface area contributed by atoms with Gasteiger partial charge >= 0.3 is 5.97 Å². The van der Waals surface area contributed by atoms with Gasteiger partial charge in [0.2, 0.25) is 11.8 Å². The first kappa shape index (κ1) is 13.6. The molecular weight excluding hydrogens is 258 g/mol. The van der Waals surface area contributed by atoms with Crippen molar-refractivity contribution in [2.75, 3.05) is 6.54 Å². The summed E-state index contributed by atoms with van der Waals surface area (Å²) < 4.78 is 0. The molecule has 2 atom stereocenters. The molecule has 3 fully saturated rings. The molecule has 2 unspecified atom stereocenters. The van der Waals surface area contributed by atoms with E-state index < -0.39 is 5.97 Å². The maximum atomic E-state index is 12.3. The third-order valence-corrected chi connectivity index (χ3v) is 5.32. The highest BCUT2D eigenvalue weighted by molar-refractivity contribution is 6.05. The van der Waals surface area contributed by atoms with Crippen LogP contribution >= 0.6 is 0 Å². The summed E-state index contributed by atoms with van der Waals surface area (Å²) in [5.74, 6) is -0.731. The van der Waals surface area contributed by atoms with Crippen molar-refractivity contribution in [2.45, 2.75) is 44.9 Å². The average molecular weight is 279 g/mol. The molecule has 5 nitrogen and oxygen atoms in total. The fourth-order valence-electron chi connectivity index (χ4n) is 4.09. The minimum absolute atomic E-state index is 0.0258. The van der Waals surface area contributed by atoms with Crippen molar-refractivity contribution in [2.24, 2.45) is 23.7 Å². The molecule has 2 amide bonds. The van der Waals surface area contributed by atoms with Gasteiger partial charge in [0.15, 0.2) is 0 Å². The summed E-state index contributed by atoms with van der Waals surface area (Å²) in [5.41, 5.74) is 0. The van der Waals surface area contributed by atoms with Crippen LogP contribution < -0.4 is 0 Å². The molecule has 3 rings (SSSR count). The maximum Gasteiger partial charge on any atom is 0.306 e. The number of carbonyl (C=O) groups excluding carboxylic acids is 2. The molecule has 110 valence electrons. The van der Waals surface area contributed by atoms with Gasteiger partial charge in [-0.05, 0) is 44.4 Å². The Bertz CT molecular complexity index is 417. The molecule has 1 saturated heterocycles. The molecule has 1 heterocycles. The zero-order valence-corrected chi connectivity index (χ0v) is 11.6. The van der Waals surface area contributed by atoms with Crippen LogP contribution in [0, 0.1) is 23.7 Å². The van der Waals surface area contributed by atoms with Crippen molar-refractivity contribution in [3.05, 3.63) is 0 Å². The fraction of sp³-hybridized carbons (Fsp3) is 0.800. The van der Waals surface area contributed by atoms with E-state index in [1.165, 1.54) is 4.90 Å². The molecule has 2 saturated carbocycles. The molecule has 0 aromatic carbocycles. The summed E-state index contributed by atoms with van der Waals surface area (Å²) in [5, 5.41) is 8.98. The predicted octanol–water partition coefficient (Wildman–Crippen LogP) is 1.66. The van der Waals surface area contributed by atoms with Crippen molar-refractivity contribution < 1.29 is 19.5 Å². The molecular formula is C15H21NO4. The van der Waals surface area contributed by atoms with E-state index in [2.05, 4.69) is 0 Å². The van der Waals surface area contributed by atoms with Gasteiger partial charge in [-0.15, -0.1) is 0 Å². The lowest BCUT2D eigenvalue weighted by molar-refractivity contribution is -0.145. The van der Waals surface area contributed by atoms with E-state index in [1.54, 1.807) is 0 Å². The summed E-state index contributed by atoms with van der Waals surface area (Å²) in [6.07, 6.45) is 5.66. The fourth-order valence-corrected chi connectivity index (χ4v) is 4.09. The maximum absolute atomic E-state index is 12.3. The monoisotopic (exact) mass is 279 g/mol. The highest BCUT2D eigenvalue weighted by atomic mass is 16.4. The third-order valence-electron chi connectivity index (χ3n) is 5.32. The number of nitrogens with zero attached hydrogens (tertiary/aromatic N) is 1. The zero-order valence-electron chi connectivity index (χ0n) is 11.6. The van der Waals surface area contributed by atoms with Gasteiger partial charge < -0.3 is 5.11 Å². The highest BCUT2D eigenvalue weighted by Gasteiger charge is 2.49. The van der Waals surface area contributed by atoms with Crippen LogP contribution in [0.1, 0.15) is 44.9 Å². The number of carbonyl (C=O) groups is 3. The van der Waals surface area contributed by atoms with Crippen LogP contribution in [-0.4, -0.2) is 34.3 Å². The molecule has 0 aromatic heterocycles. The lowest BCUT2D eigenvalue weighted by Gasteiger charge is -2.29. The Kier molecular flexibility index (Phi) is 3.52. The number of hydrogen-bond donors (Lipinski definition) is 1. The normalized spacial score (nSPS) is 37.3. The van der Waals surface area contributed by atoms with E-state index in [1.807, 2.05) is 0 Å². The largest absolute Gasteiger partial charge is 0.481 e. The van der Waals surface area contributed by atoms with Gasteiger partial charge in [-0.3, -0.25) is 19.3 Å². The number of carboxylic acids is 1. The van der Waals surface area contributed by atoms with Crippen molar-refractivity contribution >= 4 is 17.8 Å². The minimum Gasteiger partial charge on any atom is -0.481 e. The van der Waals surface area contributed by atoms with E-state index >= 15 is 0 Å². The number of imide groups is 1. The first-order valence-corrected chi connectivity index (χ1v) is 7.66. The molecule has 1 N–H and O–H groups in total. The SMILES string of the molecule is O=C(O)C1CCC(CN2C(=O)C3CCCC3C2=O)CC1. The summed E-state index contributed by atoms with van der Waals surface area (Å²) in [7, 11) is 0. The lowest BCUT2D eigenvalue weighted by atomic mass is 9.82. The predicted molar refractivity (Wildman–Crippen MR) is 70.6 cm³/mol. The highest BCUT2D eigenvalue weighted by Crippen LogP contribution is 2.40. The number of likely N-dealkylation sites (tertiary alicyclic amines) is 1. The van der Waals surface area contributed by atoms with E-state index in [0.717, 1.165) is 32.1 Å². The number of amides is 2. The second-order valence-corrected chi connectivity index (χ2v) is 6.49. The molecule has 0 bridgehead atoms. The van der Waals surface area contributed by atoms with E-state index in [9.17, 15) is 14.4 Å². The molecule has 1 aliphatic heterocycles. The van der Waals surface area contributed by atoms with Gasteiger partial charge in [-0.25, -0.2) is 0 Å². The molecule has 2 aliphatic carbocycles. The smallest absolute Gasteiger partial charge is 0.306 e. The molecule has 0 aromatic rings. The van der Waals surface area contributed by atoms with Gasteiger partial charge in [0.25, 0.3) is 0 Å².